The van der Waals surface area contributed by atoms with Gasteiger partial charge >= 0.3 is 0 Å². The predicted octanol–water partition coefficient (Wildman–Crippen LogP) is 1.22. The fraction of sp³-hybridized carbons (Fsp3) is 0.455. The molecule has 0 saturated heterocycles. The van der Waals surface area contributed by atoms with Crippen molar-refractivity contribution in [3.05, 3.63) is 17.8 Å². The summed E-state index contributed by atoms with van der Waals surface area (Å²) in [5.41, 5.74) is 11.6. The minimum absolute atomic E-state index is 0.215. The summed E-state index contributed by atoms with van der Waals surface area (Å²) in [5, 5.41) is 3.16. The molecular weight excluding hydrogens is 204 g/mol. The second-order valence-electron chi connectivity index (χ2n) is 4.18. The molecule has 0 aromatic carbocycles. The van der Waals surface area contributed by atoms with Gasteiger partial charge in [-0.25, -0.2) is 4.98 Å². The molecule has 0 bridgehead atoms. The number of carbonyl (C=O) groups is 1. The highest BCUT2D eigenvalue weighted by atomic mass is 16.1. The molecule has 5 nitrogen and oxygen atoms in total. The summed E-state index contributed by atoms with van der Waals surface area (Å²) in [5.74, 6) is 0.399. The minimum Gasteiger partial charge on any atom is -0.396 e. The lowest BCUT2D eigenvalue weighted by Gasteiger charge is -2.19. The molecule has 16 heavy (non-hydrogen) atoms. The van der Waals surface area contributed by atoms with Crippen LogP contribution in [-0.4, -0.2) is 16.9 Å². The molecule has 1 atom stereocenters. The second-order valence-corrected chi connectivity index (χ2v) is 4.18. The topological polar surface area (TPSA) is 94.0 Å². The molecule has 1 aromatic heterocycles. The summed E-state index contributed by atoms with van der Waals surface area (Å²) in [6.07, 6.45) is 0. The summed E-state index contributed by atoms with van der Waals surface area (Å²) in [6, 6.07) is 3.36. The molecule has 0 fully saturated rings. The summed E-state index contributed by atoms with van der Waals surface area (Å²) in [7, 11) is 0. The summed E-state index contributed by atoms with van der Waals surface area (Å²) in [4.78, 5) is 15.1. The van der Waals surface area contributed by atoms with Gasteiger partial charge in [-0.15, -0.1) is 0 Å². The SMILES string of the molecule is CC(C)C(C)Nc1nc(C(N)=O)ccc1N. The van der Waals surface area contributed by atoms with Crippen molar-refractivity contribution in [2.45, 2.75) is 26.8 Å². The quantitative estimate of drug-likeness (QED) is 0.714. The van der Waals surface area contributed by atoms with E-state index in [1.54, 1.807) is 6.07 Å². The van der Waals surface area contributed by atoms with E-state index in [1.165, 1.54) is 6.07 Å². The van der Waals surface area contributed by atoms with E-state index in [9.17, 15) is 4.79 Å². The number of amides is 1. The Kier molecular flexibility index (Phi) is 3.71. The molecule has 5 heteroatoms. The molecule has 1 amide bonds. The number of primary amides is 1. The minimum atomic E-state index is -0.555. The Morgan fingerprint density at radius 2 is 2.00 bits per heavy atom. The molecular formula is C11H18N4O. The van der Waals surface area contributed by atoms with Gasteiger partial charge in [0.05, 0.1) is 5.69 Å². The molecule has 0 radical (unpaired) electrons. The van der Waals surface area contributed by atoms with Gasteiger partial charge in [0.1, 0.15) is 11.5 Å². The molecule has 88 valence electrons. The monoisotopic (exact) mass is 222 g/mol. The van der Waals surface area contributed by atoms with Crippen molar-refractivity contribution in [2.75, 3.05) is 11.1 Å². The average molecular weight is 222 g/mol. The molecule has 1 heterocycles. The van der Waals surface area contributed by atoms with E-state index in [0.717, 1.165) is 0 Å². The standard InChI is InChI=1S/C11H18N4O/c1-6(2)7(3)14-11-8(12)4-5-9(15-11)10(13)16/h4-7H,12H2,1-3H3,(H2,13,16)(H,14,15). The third-order valence-electron chi connectivity index (χ3n) is 2.54. The smallest absolute Gasteiger partial charge is 0.267 e. The van der Waals surface area contributed by atoms with Crippen LogP contribution in [0.2, 0.25) is 0 Å². The first-order chi connectivity index (χ1) is 7.41. The number of aromatic nitrogens is 1. The second kappa shape index (κ2) is 4.83. The Bertz CT molecular complexity index is 390. The largest absolute Gasteiger partial charge is 0.396 e. The van der Waals surface area contributed by atoms with Crippen molar-refractivity contribution < 1.29 is 4.79 Å². The van der Waals surface area contributed by atoms with Crippen LogP contribution in [0.25, 0.3) is 0 Å². The van der Waals surface area contributed by atoms with Crippen LogP contribution in [0.15, 0.2) is 12.1 Å². The Morgan fingerprint density at radius 1 is 1.38 bits per heavy atom. The van der Waals surface area contributed by atoms with E-state index in [2.05, 4.69) is 24.1 Å². The number of pyridine rings is 1. The normalized spacial score (nSPS) is 12.5. The van der Waals surface area contributed by atoms with E-state index in [1.807, 2.05) is 6.92 Å². The number of carbonyl (C=O) groups excluding carboxylic acids is 1. The lowest BCUT2D eigenvalue weighted by Crippen LogP contribution is -2.24. The van der Waals surface area contributed by atoms with Gasteiger partial charge in [0.25, 0.3) is 5.91 Å². The van der Waals surface area contributed by atoms with E-state index < -0.39 is 5.91 Å². The lowest BCUT2D eigenvalue weighted by molar-refractivity contribution is 0.0995. The maximum atomic E-state index is 11.0. The van der Waals surface area contributed by atoms with Gasteiger partial charge in [-0.3, -0.25) is 4.79 Å². The van der Waals surface area contributed by atoms with Gasteiger partial charge in [-0.1, -0.05) is 13.8 Å². The van der Waals surface area contributed by atoms with Crippen molar-refractivity contribution in [1.82, 2.24) is 4.98 Å². The summed E-state index contributed by atoms with van der Waals surface area (Å²) >= 11 is 0. The summed E-state index contributed by atoms with van der Waals surface area (Å²) < 4.78 is 0. The highest BCUT2D eigenvalue weighted by Gasteiger charge is 2.11. The van der Waals surface area contributed by atoms with Crippen molar-refractivity contribution in [1.29, 1.82) is 0 Å². The molecule has 1 aromatic rings. The van der Waals surface area contributed by atoms with Crippen molar-refractivity contribution >= 4 is 17.4 Å². The third-order valence-corrected chi connectivity index (χ3v) is 2.54. The third kappa shape index (κ3) is 2.85. The van der Waals surface area contributed by atoms with Crippen LogP contribution in [0, 0.1) is 5.92 Å². The first-order valence-electron chi connectivity index (χ1n) is 5.24. The Balaban J connectivity index is 2.94. The number of hydrogen-bond acceptors (Lipinski definition) is 4. The van der Waals surface area contributed by atoms with Crippen LogP contribution < -0.4 is 16.8 Å². The molecule has 1 rings (SSSR count). The predicted molar refractivity (Wildman–Crippen MR) is 65.1 cm³/mol. The van der Waals surface area contributed by atoms with E-state index in [0.29, 0.717) is 17.4 Å². The van der Waals surface area contributed by atoms with Gasteiger partial charge in [0.2, 0.25) is 0 Å². The van der Waals surface area contributed by atoms with E-state index in [4.69, 9.17) is 11.5 Å². The number of nitrogens with zero attached hydrogens (tertiary/aromatic N) is 1. The zero-order chi connectivity index (χ0) is 12.3. The highest BCUT2D eigenvalue weighted by Crippen LogP contribution is 2.18. The average Bonchev–Trinajstić information content (AvgIpc) is 2.20. The number of rotatable bonds is 4. The lowest BCUT2D eigenvalue weighted by atomic mass is 10.1. The van der Waals surface area contributed by atoms with Gasteiger partial charge in [-0.05, 0) is 25.0 Å². The highest BCUT2D eigenvalue weighted by molar-refractivity contribution is 5.91. The molecule has 0 aliphatic carbocycles. The van der Waals surface area contributed by atoms with Crippen LogP contribution in [0.5, 0.6) is 0 Å². The first kappa shape index (κ1) is 12.3. The van der Waals surface area contributed by atoms with Gasteiger partial charge in [0, 0.05) is 6.04 Å². The molecule has 1 unspecified atom stereocenters. The number of nitrogens with one attached hydrogen (secondary N) is 1. The van der Waals surface area contributed by atoms with Gasteiger partial charge in [0.15, 0.2) is 0 Å². The molecule has 5 N–H and O–H groups in total. The van der Waals surface area contributed by atoms with Crippen molar-refractivity contribution in [3.63, 3.8) is 0 Å². The fourth-order valence-electron chi connectivity index (χ4n) is 1.11. The summed E-state index contributed by atoms with van der Waals surface area (Å²) in [6.45, 7) is 6.21. The Hall–Kier alpha value is -1.78. The zero-order valence-electron chi connectivity index (χ0n) is 9.82. The molecule has 0 saturated carbocycles. The fourth-order valence-corrected chi connectivity index (χ4v) is 1.11. The van der Waals surface area contributed by atoms with Crippen molar-refractivity contribution in [2.24, 2.45) is 11.7 Å². The van der Waals surface area contributed by atoms with E-state index in [-0.39, 0.29) is 11.7 Å². The first-order valence-corrected chi connectivity index (χ1v) is 5.24. The van der Waals surface area contributed by atoms with E-state index >= 15 is 0 Å². The van der Waals surface area contributed by atoms with Crippen LogP contribution in [0.1, 0.15) is 31.3 Å². The van der Waals surface area contributed by atoms with Crippen LogP contribution >= 0.6 is 0 Å². The van der Waals surface area contributed by atoms with Gasteiger partial charge < -0.3 is 16.8 Å². The number of hydrogen-bond donors (Lipinski definition) is 3. The van der Waals surface area contributed by atoms with Crippen LogP contribution in [0.3, 0.4) is 0 Å². The van der Waals surface area contributed by atoms with Crippen LogP contribution in [0.4, 0.5) is 11.5 Å². The molecule has 0 spiro atoms. The maximum Gasteiger partial charge on any atom is 0.267 e. The van der Waals surface area contributed by atoms with Crippen molar-refractivity contribution in [3.8, 4) is 0 Å². The Labute approximate surface area is 95.2 Å². The maximum absolute atomic E-state index is 11.0. The zero-order valence-corrected chi connectivity index (χ0v) is 9.82. The number of anilines is 2. The number of nitrogens with two attached hydrogens (primary N) is 2. The number of nitrogen functional groups attached to an aromatic ring is 1. The van der Waals surface area contributed by atoms with Crippen LogP contribution in [-0.2, 0) is 0 Å². The Morgan fingerprint density at radius 3 is 2.50 bits per heavy atom. The molecule has 0 aliphatic heterocycles. The van der Waals surface area contributed by atoms with Gasteiger partial charge in [-0.2, -0.15) is 0 Å². The molecule has 0 aliphatic rings.